The van der Waals surface area contributed by atoms with Crippen molar-refractivity contribution in [3.8, 4) is 0 Å². The van der Waals surface area contributed by atoms with Crippen molar-refractivity contribution >= 4 is 5.69 Å². The Morgan fingerprint density at radius 2 is 1.62 bits per heavy atom. The molecule has 1 N–H and O–H groups in total. The molecule has 2 rings (SSSR count). The molecule has 0 amide bonds. The summed E-state index contributed by atoms with van der Waals surface area (Å²) in [6.45, 7) is 4.42. The van der Waals surface area contributed by atoms with Gasteiger partial charge in [-0.05, 0) is 41.2 Å². The fourth-order valence-corrected chi connectivity index (χ4v) is 2.51. The van der Waals surface area contributed by atoms with Crippen LogP contribution in [0.15, 0.2) is 48.5 Å². The van der Waals surface area contributed by atoms with E-state index in [-0.39, 0.29) is 0 Å². The molecule has 0 bridgehead atoms. The average molecular weight is 283 g/mol. The lowest BCUT2D eigenvalue weighted by molar-refractivity contribution is 0.220. The monoisotopic (exact) mass is 283 g/mol. The highest BCUT2D eigenvalue weighted by atomic mass is 16.3. The van der Waals surface area contributed by atoms with E-state index >= 15 is 0 Å². The van der Waals surface area contributed by atoms with Gasteiger partial charge in [0.25, 0.3) is 0 Å². The number of aliphatic hydroxyl groups is 1. The summed E-state index contributed by atoms with van der Waals surface area (Å²) in [6.07, 6.45) is 0.480. The van der Waals surface area contributed by atoms with E-state index < -0.39 is 6.10 Å². The Labute approximate surface area is 128 Å². The first-order valence-corrected chi connectivity index (χ1v) is 7.51. The van der Waals surface area contributed by atoms with Crippen molar-refractivity contribution in [3.05, 3.63) is 65.2 Å². The van der Waals surface area contributed by atoms with Crippen LogP contribution in [-0.2, 0) is 6.42 Å². The normalized spacial score (nSPS) is 12.5. The second-order valence-corrected chi connectivity index (χ2v) is 6.23. The quantitative estimate of drug-likeness (QED) is 0.895. The molecule has 0 saturated carbocycles. The third-order valence-corrected chi connectivity index (χ3v) is 3.64. The molecule has 1 atom stereocenters. The second-order valence-electron chi connectivity index (χ2n) is 6.23. The lowest BCUT2D eigenvalue weighted by Crippen LogP contribution is -2.08. The molecule has 112 valence electrons. The molecule has 21 heavy (non-hydrogen) atoms. The van der Waals surface area contributed by atoms with Crippen LogP contribution in [0.4, 0.5) is 5.69 Å². The molecule has 0 aliphatic heterocycles. The van der Waals surface area contributed by atoms with Gasteiger partial charge in [0.1, 0.15) is 6.10 Å². The maximum atomic E-state index is 10.6. The van der Waals surface area contributed by atoms with Crippen LogP contribution in [0.2, 0.25) is 0 Å². The molecule has 1 unspecified atom stereocenters. The van der Waals surface area contributed by atoms with Crippen LogP contribution in [-0.4, -0.2) is 19.2 Å². The summed E-state index contributed by atoms with van der Waals surface area (Å²) < 4.78 is 0. The van der Waals surface area contributed by atoms with Crippen LogP contribution < -0.4 is 4.90 Å². The van der Waals surface area contributed by atoms with E-state index in [1.54, 1.807) is 0 Å². The van der Waals surface area contributed by atoms with Gasteiger partial charge in [0, 0.05) is 19.8 Å². The number of benzene rings is 2. The molecule has 0 aliphatic carbocycles. The van der Waals surface area contributed by atoms with E-state index in [1.165, 1.54) is 5.56 Å². The van der Waals surface area contributed by atoms with Gasteiger partial charge in [-0.1, -0.05) is 50.2 Å². The first-order valence-electron chi connectivity index (χ1n) is 7.51. The third kappa shape index (κ3) is 4.08. The predicted octanol–water partition coefficient (Wildman–Crippen LogP) is 4.03. The number of aliphatic hydroxyl groups excluding tert-OH is 1. The first-order chi connectivity index (χ1) is 9.97. The molecule has 0 spiro atoms. The Hall–Kier alpha value is -1.80. The summed E-state index contributed by atoms with van der Waals surface area (Å²) in [4.78, 5) is 2.05. The molecular weight excluding hydrogens is 258 g/mol. The van der Waals surface area contributed by atoms with E-state index in [9.17, 15) is 5.11 Å². The largest absolute Gasteiger partial charge is 0.384 e. The molecule has 0 heterocycles. The van der Waals surface area contributed by atoms with E-state index in [4.69, 9.17) is 0 Å². The third-order valence-electron chi connectivity index (χ3n) is 3.64. The van der Waals surface area contributed by atoms with E-state index in [2.05, 4.69) is 30.9 Å². The minimum absolute atomic E-state index is 0.562. The average Bonchev–Trinajstić information content (AvgIpc) is 2.46. The summed E-state index contributed by atoms with van der Waals surface area (Å²) in [5, 5.41) is 10.6. The Bertz CT molecular complexity index is 572. The van der Waals surface area contributed by atoms with Crippen molar-refractivity contribution in [2.75, 3.05) is 19.0 Å². The van der Waals surface area contributed by atoms with E-state index in [1.807, 2.05) is 50.5 Å². The highest BCUT2D eigenvalue weighted by molar-refractivity contribution is 5.47. The van der Waals surface area contributed by atoms with E-state index in [0.717, 1.165) is 23.2 Å². The van der Waals surface area contributed by atoms with E-state index in [0.29, 0.717) is 5.92 Å². The summed E-state index contributed by atoms with van der Waals surface area (Å²) in [5.41, 5.74) is 4.32. The lowest BCUT2D eigenvalue weighted by atomic mass is 9.96. The number of hydrogen-bond donors (Lipinski definition) is 1. The summed E-state index contributed by atoms with van der Waals surface area (Å²) >= 11 is 0. The highest BCUT2D eigenvalue weighted by Gasteiger charge is 2.11. The molecule has 2 aromatic carbocycles. The fraction of sp³-hybridized carbons (Fsp3) is 0.368. The highest BCUT2D eigenvalue weighted by Crippen LogP contribution is 2.25. The van der Waals surface area contributed by atoms with Crippen molar-refractivity contribution in [1.29, 1.82) is 0 Å². The van der Waals surface area contributed by atoms with Crippen molar-refractivity contribution in [3.63, 3.8) is 0 Å². The summed E-state index contributed by atoms with van der Waals surface area (Å²) in [5.74, 6) is 0.622. The SMILES string of the molecule is CC(C)Cc1cccc(C(O)c2ccc(N(C)C)cc2)c1. The summed E-state index contributed by atoms with van der Waals surface area (Å²) in [6, 6.07) is 16.3. The summed E-state index contributed by atoms with van der Waals surface area (Å²) in [7, 11) is 4.03. The topological polar surface area (TPSA) is 23.5 Å². The van der Waals surface area contributed by atoms with Crippen molar-refractivity contribution < 1.29 is 5.11 Å². The van der Waals surface area contributed by atoms with Gasteiger partial charge in [0.15, 0.2) is 0 Å². The maximum absolute atomic E-state index is 10.6. The molecule has 2 nitrogen and oxygen atoms in total. The Balaban J connectivity index is 2.20. The Morgan fingerprint density at radius 1 is 0.952 bits per heavy atom. The van der Waals surface area contributed by atoms with Crippen molar-refractivity contribution in [2.24, 2.45) is 5.92 Å². The standard InChI is InChI=1S/C19H25NO/c1-14(2)12-15-6-5-7-17(13-15)19(21)16-8-10-18(11-9-16)20(3)4/h5-11,13-14,19,21H,12H2,1-4H3. The molecule has 0 aliphatic rings. The number of rotatable bonds is 5. The van der Waals surface area contributed by atoms with Gasteiger partial charge in [0.05, 0.1) is 0 Å². The minimum Gasteiger partial charge on any atom is -0.384 e. The molecule has 0 radical (unpaired) electrons. The molecule has 0 fully saturated rings. The van der Waals surface area contributed by atoms with Gasteiger partial charge in [-0.15, -0.1) is 0 Å². The van der Waals surface area contributed by atoms with Crippen LogP contribution in [0.25, 0.3) is 0 Å². The Kier molecular flexibility index (Phi) is 5.03. The zero-order chi connectivity index (χ0) is 15.4. The van der Waals surface area contributed by atoms with Gasteiger partial charge in [-0.3, -0.25) is 0 Å². The van der Waals surface area contributed by atoms with Crippen LogP contribution in [0.5, 0.6) is 0 Å². The van der Waals surface area contributed by atoms with Gasteiger partial charge in [-0.25, -0.2) is 0 Å². The fourth-order valence-electron chi connectivity index (χ4n) is 2.51. The molecule has 0 saturated heterocycles. The molecule has 0 aromatic heterocycles. The molecular formula is C19H25NO. The first kappa shape index (κ1) is 15.6. The molecule has 2 aromatic rings. The van der Waals surface area contributed by atoms with Gasteiger partial charge >= 0.3 is 0 Å². The van der Waals surface area contributed by atoms with Crippen molar-refractivity contribution in [2.45, 2.75) is 26.4 Å². The zero-order valence-corrected chi connectivity index (χ0v) is 13.4. The maximum Gasteiger partial charge on any atom is 0.104 e. The number of hydrogen-bond acceptors (Lipinski definition) is 2. The molecule has 2 heteroatoms. The van der Waals surface area contributed by atoms with Crippen LogP contribution in [0.1, 0.15) is 36.6 Å². The Morgan fingerprint density at radius 3 is 2.19 bits per heavy atom. The lowest BCUT2D eigenvalue weighted by Gasteiger charge is -2.16. The zero-order valence-electron chi connectivity index (χ0n) is 13.4. The van der Waals surface area contributed by atoms with Crippen molar-refractivity contribution in [1.82, 2.24) is 0 Å². The van der Waals surface area contributed by atoms with Gasteiger partial charge in [0.2, 0.25) is 0 Å². The predicted molar refractivity (Wildman–Crippen MR) is 89.8 cm³/mol. The number of nitrogens with zero attached hydrogens (tertiary/aromatic N) is 1. The smallest absolute Gasteiger partial charge is 0.104 e. The van der Waals surface area contributed by atoms with Crippen LogP contribution in [0, 0.1) is 5.92 Å². The van der Waals surface area contributed by atoms with Gasteiger partial charge < -0.3 is 10.0 Å². The van der Waals surface area contributed by atoms with Gasteiger partial charge in [-0.2, -0.15) is 0 Å². The van der Waals surface area contributed by atoms with Crippen LogP contribution >= 0.6 is 0 Å². The number of anilines is 1. The minimum atomic E-state index is -0.562. The van der Waals surface area contributed by atoms with Crippen LogP contribution in [0.3, 0.4) is 0 Å². The second kappa shape index (κ2) is 6.77.